The Balaban J connectivity index is 2.02. The van der Waals surface area contributed by atoms with E-state index in [9.17, 15) is 14.7 Å². The van der Waals surface area contributed by atoms with Gasteiger partial charge in [0.1, 0.15) is 5.56 Å². The van der Waals surface area contributed by atoms with Crippen LogP contribution in [0.25, 0.3) is 0 Å². The molecule has 0 unspecified atom stereocenters. The molecule has 0 aliphatic carbocycles. The summed E-state index contributed by atoms with van der Waals surface area (Å²) in [6.07, 6.45) is 0.389. The van der Waals surface area contributed by atoms with Crippen molar-refractivity contribution in [2.24, 2.45) is 5.10 Å². The van der Waals surface area contributed by atoms with Crippen molar-refractivity contribution in [3.63, 3.8) is 0 Å². The molecule has 138 valence electrons. The van der Waals surface area contributed by atoms with Gasteiger partial charge in [-0.3, -0.25) is 19.8 Å². The highest BCUT2D eigenvalue weighted by atomic mass is 16.3. The molecule has 3 N–H and O–H groups in total. The third-order valence-corrected chi connectivity index (χ3v) is 4.07. The van der Waals surface area contributed by atoms with E-state index in [1.54, 1.807) is 0 Å². The summed E-state index contributed by atoms with van der Waals surface area (Å²) in [6.45, 7) is 1.95. The van der Waals surface area contributed by atoms with Gasteiger partial charge < -0.3 is 5.11 Å². The van der Waals surface area contributed by atoms with Crippen molar-refractivity contribution < 1.29 is 5.11 Å². The summed E-state index contributed by atoms with van der Waals surface area (Å²) in [5, 5.41) is 14.9. The van der Waals surface area contributed by atoms with Gasteiger partial charge in [0.15, 0.2) is 0 Å². The van der Waals surface area contributed by atoms with Gasteiger partial charge in [-0.25, -0.2) is 4.79 Å². The first-order valence-electron chi connectivity index (χ1n) is 8.58. The minimum absolute atomic E-state index is 0.0172. The zero-order valence-corrected chi connectivity index (χ0v) is 14.8. The zero-order valence-electron chi connectivity index (χ0n) is 14.8. The van der Waals surface area contributed by atoms with Gasteiger partial charge in [0.2, 0.25) is 5.88 Å². The number of hydrogen-bond donors (Lipinski definition) is 3. The lowest BCUT2D eigenvalue weighted by molar-refractivity contribution is 0.408. The first-order chi connectivity index (χ1) is 13.1. The minimum atomic E-state index is -0.670. The van der Waals surface area contributed by atoms with Gasteiger partial charge in [-0.05, 0) is 24.1 Å². The number of aromatic amines is 1. The van der Waals surface area contributed by atoms with Crippen LogP contribution < -0.4 is 16.7 Å². The Labute approximate surface area is 155 Å². The normalized spacial score (nSPS) is 11.4. The Morgan fingerprint density at radius 1 is 1.07 bits per heavy atom. The van der Waals surface area contributed by atoms with Crippen LogP contribution in [0.4, 0.5) is 5.69 Å². The molecular weight excluding hydrogens is 344 g/mol. The lowest BCUT2D eigenvalue weighted by Crippen LogP contribution is -2.34. The summed E-state index contributed by atoms with van der Waals surface area (Å²) in [7, 11) is 0. The van der Waals surface area contributed by atoms with Crippen LogP contribution in [0, 0.1) is 0 Å². The van der Waals surface area contributed by atoms with E-state index in [-0.39, 0.29) is 12.1 Å². The van der Waals surface area contributed by atoms with Crippen LogP contribution >= 0.6 is 0 Å². The highest BCUT2D eigenvalue weighted by Gasteiger charge is 2.18. The number of nitrogens with zero attached hydrogens (tertiary/aromatic N) is 2. The zero-order chi connectivity index (χ0) is 19.2. The predicted molar refractivity (Wildman–Crippen MR) is 105 cm³/mol. The number of benzene rings is 2. The molecular formula is C20H20N4O3. The van der Waals surface area contributed by atoms with Gasteiger partial charge in [-0.1, -0.05) is 55.5 Å². The van der Waals surface area contributed by atoms with Crippen molar-refractivity contribution in [3.8, 4) is 5.88 Å². The Morgan fingerprint density at radius 3 is 2.33 bits per heavy atom. The number of nitrogens with one attached hydrogen (secondary N) is 2. The maximum atomic E-state index is 12.3. The number of hydrogen-bond acceptors (Lipinski definition) is 5. The highest BCUT2D eigenvalue weighted by molar-refractivity contribution is 6.02. The third kappa shape index (κ3) is 4.14. The average molecular weight is 364 g/mol. The number of anilines is 1. The van der Waals surface area contributed by atoms with E-state index < -0.39 is 17.1 Å². The van der Waals surface area contributed by atoms with Crippen LogP contribution in [-0.2, 0) is 6.54 Å². The Kier molecular flexibility index (Phi) is 5.51. The molecule has 2 aromatic carbocycles. The van der Waals surface area contributed by atoms with Crippen LogP contribution in [0.5, 0.6) is 5.88 Å². The van der Waals surface area contributed by atoms with E-state index in [1.807, 2.05) is 67.6 Å². The van der Waals surface area contributed by atoms with Crippen molar-refractivity contribution in [1.82, 2.24) is 9.55 Å². The van der Waals surface area contributed by atoms with Crippen LogP contribution in [0.1, 0.15) is 24.5 Å². The second-order valence-corrected chi connectivity index (χ2v) is 5.92. The van der Waals surface area contributed by atoms with Gasteiger partial charge in [0, 0.05) is 0 Å². The van der Waals surface area contributed by atoms with Crippen LogP contribution in [0.15, 0.2) is 75.4 Å². The van der Waals surface area contributed by atoms with E-state index in [4.69, 9.17) is 0 Å². The van der Waals surface area contributed by atoms with E-state index in [1.165, 1.54) is 0 Å². The summed E-state index contributed by atoms with van der Waals surface area (Å²) in [5.41, 5.74) is 3.43. The largest absolute Gasteiger partial charge is 0.494 e. The maximum absolute atomic E-state index is 12.3. The van der Waals surface area contributed by atoms with E-state index in [0.29, 0.717) is 12.1 Å². The Bertz CT molecular complexity index is 1050. The molecule has 0 spiro atoms. The van der Waals surface area contributed by atoms with Crippen molar-refractivity contribution >= 4 is 11.4 Å². The van der Waals surface area contributed by atoms with Gasteiger partial charge >= 0.3 is 5.69 Å². The summed E-state index contributed by atoms with van der Waals surface area (Å²) in [5.74, 6) is -0.400. The second-order valence-electron chi connectivity index (χ2n) is 5.92. The molecule has 0 radical (unpaired) electrons. The lowest BCUT2D eigenvalue weighted by atomic mass is 10.1. The first-order valence-corrected chi connectivity index (χ1v) is 8.58. The van der Waals surface area contributed by atoms with Crippen LogP contribution in [0.2, 0.25) is 0 Å². The fourth-order valence-electron chi connectivity index (χ4n) is 2.69. The minimum Gasteiger partial charge on any atom is -0.494 e. The van der Waals surface area contributed by atoms with Gasteiger partial charge in [-0.2, -0.15) is 5.10 Å². The molecule has 0 aliphatic rings. The van der Waals surface area contributed by atoms with Crippen molar-refractivity contribution in [1.29, 1.82) is 0 Å². The summed E-state index contributed by atoms with van der Waals surface area (Å²) in [4.78, 5) is 26.8. The molecule has 27 heavy (non-hydrogen) atoms. The van der Waals surface area contributed by atoms with E-state index >= 15 is 0 Å². The molecule has 0 bridgehead atoms. The molecule has 7 nitrogen and oxygen atoms in total. The number of aromatic hydroxyl groups is 1. The van der Waals surface area contributed by atoms with Crippen molar-refractivity contribution in [2.75, 3.05) is 5.43 Å². The highest BCUT2D eigenvalue weighted by Crippen LogP contribution is 2.15. The second kappa shape index (κ2) is 8.18. The summed E-state index contributed by atoms with van der Waals surface area (Å²) >= 11 is 0. The topological polar surface area (TPSA) is 99.5 Å². The fraction of sp³-hybridized carbons (Fsp3) is 0.150. The standard InChI is InChI=1S/C20H20N4O3/c1-2-16(23-22-15-11-7-4-8-12-15)17-18(25)21-20(27)24(19(17)26)13-14-9-5-3-6-10-14/h3-12,22,26H,2,13H2,1H3,(H,21,25,27). The van der Waals surface area contributed by atoms with Gasteiger partial charge in [-0.15, -0.1) is 0 Å². The molecule has 0 atom stereocenters. The van der Waals surface area contributed by atoms with Crippen molar-refractivity contribution in [2.45, 2.75) is 19.9 Å². The molecule has 3 aromatic rings. The van der Waals surface area contributed by atoms with Crippen LogP contribution in [-0.4, -0.2) is 20.4 Å². The smallest absolute Gasteiger partial charge is 0.331 e. The average Bonchev–Trinajstić information content (AvgIpc) is 2.69. The number of rotatable bonds is 6. The molecule has 0 fully saturated rings. The molecule has 3 rings (SSSR count). The van der Waals surface area contributed by atoms with Crippen LogP contribution in [0.3, 0.4) is 0 Å². The number of hydrazone groups is 1. The third-order valence-electron chi connectivity index (χ3n) is 4.07. The van der Waals surface area contributed by atoms with Gasteiger partial charge in [0.05, 0.1) is 17.9 Å². The summed E-state index contributed by atoms with van der Waals surface area (Å²) < 4.78 is 1.12. The SMILES string of the molecule is CCC(=NNc1ccccc1)c1c(O)n(Cc2ccccc2)c(=O)[nH]c1=O. The van der Waals surface area contributed by atoms with Gasteiger partial charge in [0.25, 0.3) is 5.56 Å². The molecule has 1 heterocycles. The fourth-order valence-corrected chi connectivity index (χ4v) is 2.69. The quantitative estimate of drug-likeness (QED) is 0.462. The Morgan fingerprint density at radius 2 is 1.70 bits per heavy atom. The molecule has 0 saturated carbocycles. The van der Waals surface area contributed by atoms with E-state index in [2.05, 4.69) is 15.5 Å². The van der Waals surface area contributed by atoms with Crippen molar-refractivity contribution in [3.05, 3.63) is 92.6 Å². The Hall–Kier alpha value is -3.61. The lowest BCUT2D eigenvalue weighted by Gasteiger charge is -2.12. The summed E-state index contributed by atoms with van der Waals surface area (Å²) in [6, 6.07) is 18.5. The molecule has 0 amide bonds. The predicted octanol–water partition coefficient (Wildman–Crippen LogP) is 2.52. The maximum Gasteiger partial charge on any atom is 0.331 e. The molecule has 0 saturated heterocycles. The molecule has 0 aliphatic heterocycles. The molecule has 1 aromatic heterocycles. The first kappa shape index (κ1) is 18.2. The number of H-pyrrole nitrogens is 1. The molecule has 7 heteroatoms. The number of aromatic nitrogens is 2. The van der Waals surface area contributed by atoms with E-state index in [0.717, 1.165) is 15.8 Å². The number of para-hydroxylation sites is 1. The monoisotopic (exact) mass is 364 g/mol.